The lowest BCUT2D eigenvalue weighted by atomic mass is 9.84. The maximum Gasteiger partial charge on any atom is 0.0479 e. The molecule has 0 aliphatic heterocycles. The van der Waals surface area contributed by atoms with Crippen LogP contribution in [0.5, 0.6) is 0 Å². The second-order valence-electron chi connectivity index (χ2n) is 3.52. The van der Waals surface area contributed by atoms with Crippen molar-refractivity contribution in [1.29, 1.82) is 0 Å². The van der Waals surface area contributed by atoms with E-state index in [4.69, 9.17) is 0 Å². The largest absolute Gasteiger partial charge is 0.0912 e. The summed E-state index contributed by atoms with van der Waals surface area (Å²) in [5.41, 5.74) is 0. The highest BCUT2D eigenvalue weighted by Gasteiger charge is 2.38. The minimum absolute atomic E-state index is 0.305. The molecular weight excluding hydrogens is 336 g/mol. The molecule has 1 aliphatic carbocycles. The Morgan fingerprint density at radius 3 is 2.64 bits per heavy atom. The van der Waals surface area contributed by atoms with Gasteiger partial charge in [-0.05, 0) is 25.2 Å². The Hall–Kier alpha value is 1.44. The molecule has 1 saturated carbocycles. The minimum Gasteiger partial charge on any atom is -0.0912 e. The van der Waals surface area contributed by atoms with Gasteiger partial charge in [-0.3, -0.25) is 0 Å². The van der Waals surface area contributed by atoms with Gasteiger partial charge in [-0.25, -0.2) is 0 Å². The molecule has 0 unspecified atom stereocenters. The lowest BCUT2D eigenvalue weighted by Crippen LogP contribution is -2.39. The molecule has 11 heavy (non-hydrogen) atoms. The quantitative estimate of drug-likeness (QED) is 0.626. The summed E-state index contributed by atoms with van der Waals surface area (Å²) in [6, 6.07) is 0. The second-order valence-corrected chi connectivity index (χ2v) is 6.76. The highest BCUT2D eigenvalue weighted by molar-refractivity contribution is 9.14. The number of halogens is 3. The molecule has 0 saturated heterocycles. The maximum absolute atomic E-state index is 3.79. The van der Waals surface area contributed by atoms with E-state index in [2.05, 4.69) is 54.7 Å². The van der Waals surface area contributed by atoms with Crippen molar-refractivity contribution in [2.45, 2.75) is 35.3 Å². The van der Waals surface area contributed by atoms with Crippen LogP contribution in [-0.2, 0) is 0 Å². The summed E-state index contributed by atoms with van der Waals surface area (Å²) in [6.45, 7) is 2.33. The monoisotopic (exact) mass is 346 g/mol. The first-order valence-corrected chi connectivity index (χ1v) is 6.80. The summed E-state index contributed by atoms with van der Waals surface area (Å²) in [5.74, 6) is 0.879. The van der Waals surface area contributed by atoms with Gasteiger partial charge in [-0.2, -0.15) is 0 Å². The fraction of sp³-hybridized carbons (Fsp3) is 1.00. The van der Waals surface area contributed by atoms with Crippen LogP contribution in [0, 0.1) is 5.92 Å². The average Bonchev–Trinajstić information content (AvgIpc) is 1.98. The van der Waals surface area contributed by atoms with E-state index in [1.807, 2.05) is 0 Å². The lowest BCUT2D eigenvalue weighted by molar-refractivity contribution is 0.357. The van der Waals surface area contributed by atoms with E-state index in [1.165, 1.54) is 19.3 Å². The van der Waals surface area contributed by atoms with Gasteiger partial charge in [0.1, 0.15) is 0 Å². The summed E-state index contributed by atoms with van der Waals surface area (Å²) >= 11 is 11.1. The smallest absolute Gasteiger partial charge is 0.0479 e. The molecule has 1 fully saturated rings. The average molecular weight is 349 g/mol. The Balaban J connectivity index is 2.56. The molecule has 3 atom stereocenters. The summed E-state index contributed by atoms with van der Waals surface area (Å²) < 4.78 is 0.305. The maximum atomic E-state index is 3.79. The van der Waals surface area contributed by atoms with Crippen molar-refractivity contribution >= 4 is 47.8 Å². The first-order chi connectivity index (χ1) is 5.08. The van der Waals surface area contributed by atoms with Crippen LogP contribution in [0.4, 0.5) is 0 Å². The first kappa shape index (κ1) is 10.5. The van der Waals surface area contributed by atoms with Crippen LogP contribution in [0.15, 0.2) is 0 Å². The van der Waals surface area contributed by atoms with Crippen molar-refractivity contribution in [3.63, 3.8) is 0 Å². The Morgan fingerprint density at radius 2 is 2.18 bits per heavy atom. The Kier molecular flexibility index (Phi) is 3.92. The van der Waals surface area contributed by atoms with Crippen molar-refractivity contribution in [2.24, 2.45) is 5.92 Å². The predicted molar refractivity (Wildman–Crippen MR) is 61.2 cm³/mol. The lowest BCUT2D eigenvalue weighted by Gasteiger charge is -2.37. The topological polar surface area (TPSA) is 0 Å². The van der Waals surface area contributed by atoms with Gasteiger partial charge in [-0.15, -0.1) is 0 Å². The third-order valence-electron chi connectivity index (χ3n) is 2.45. The number of rotatable bonds is 1. The number of alkyl halides is 3. The van der Waals surface area contributed by atoms with Crippen molar-refractivity contribution in [1.82, 2.24) is 0 Å². The van der Waals surface area contributed by atoms with E-state index < -0.39 is 0 Å². The van der Waals surface area contributed by atoms with Gasteiger partial charge in [0.2, 0.25) is 0 Å². The Morgan fingerprint density at radius 1 is 1.55 bits per heavy atom. The van der Waals surface area contributed by atoms with Crippen LogP contribution in [0.1, 0.15) is 26.2 Å². The van der Waals surface area contributed by atoms with Crippen LogP contribution < -0.4 is 0 Å². The van der Waals surface area contributed by atoms with Gasteiger partial charge in [0.05, 0.1) is 0 Å². The van der Waals surface area contributed by atoms with Crippen LogP contribution >= 0.6 is 47.8 Å². The fourth-order valence-electron chi connectivity index (χ4n) is 1.48. The highest BCUT2D eigenvalue weighted by atomic mass is 79.9. The highest BCUT2D eigenvalue weighted by Crippen LogP contribution is 2.43. The van der Waals surface area contributed by atoms with Crippen molar-refractivity contribution in [2.75, 3.05) is 5.33 Å². The van der Waals surface area contributed by atoms with E-state index in [0.29, 0.717) is 9.15 Å². The second kappa shape index (κ2) is 4.10. The van der Waals surface area contributed by atoms with Crippen molar-refractivity contribution in [3.05, 3.63) is 0 Å². The van der Waals surface area contributed by atoms with E-state index in [9.17, 15) is 0 Å². The SMILES string of the molecule is C[C@H]1CC[C@](Br)(CBr)[C@H](Br)C1. The molecule has 66 valence electrons. The van der Waals surface area contributed by atoms with Crippen molar-refractivity contribution < 1.29 is 0 Å². The zero-order valence-corrected chi connectivity index (χ0v) is 11.4. The zero-order valence-electron chi connectivity index (χ0n) is 6.62. The molecule has 1 aliphatic rings. The molecular formula is C8H13Br3. The summed E-state index contributed by atoms with van der Waals surface area (Å²) in [4.78, 5) is 0.623. The Bertz CT molecular complexity index is 137. The van der Waals surface area contributed by atoms with Crippen LogP contribution in [0.3, 0.4) is 0 Å². The van der Waals surface area contributed by atoms with Gasteiger partial charge >= 0.3 is 0 Å². The molecule has 0 aromatic heterocycles. The minimum atomic E-state index is 0.305. The molecule has 3 heteroatoms. The molecule has 1 rings (SSSR count). The molecule has 0 bridgehead atoms. The summed E-state index contributed by atoms with van der Waals surface area (Å²) in [6.07, 6.45) is 3.91. The standard InChI is InChI=1S/C8H13Br3/c1-6-2-3-8(11,5-9)7(10)4-6/h6-7H,2-5H2,1H3/t6-,7+,8-/m0/s1. The van der Waals surface area contributed by atoms with E-state index in [1.54, 1.807) is 0 Å². The van der Waals surface area contributed by atoms with Gasteiger partial charge in [0.25, 0.3) is 0 Å². The molecule has 0 N–H and O–H groups in total. The van der Waals surface area contributed by atoms with Gasteiger partial charge < -0.3 is 0 Å². The first-order valence-electron chi connectivity index (χ1n) is 3.97. The normalized spacial score (nSPS) is 45.8. The molecule has 0 nitrogen and oxygen atoms in total. The van der Waals surface area contributed by atoms with E-state index in [-0.39, 0.29) is 0 Å². The third-order valence-corrected chi connectivity index (χ3v) is 7.29. The molecule has 0 aromatic carbocycles. The predicted octanol–water partition coefficient (Wildman–Crippen LogP) is 4.10. The number of hydrogen-bond acceptors (Lipinski definition) is 0. The molecule has 0 amide bonds. The van der Waals surface area contributed by atoms with Crippen LogP contribution in [0.2, 0.25) is 0 Å². The summed E-state index contributed by atoms with van der Waals surface area (Å²) in [5, 5.41) is 1.04. The zero-order chi connectivity index (χ0) is 8.48. The fourth-order valence-corrected chi connectivity index (χ4v) is 4.03. The van der Waals surface area contributed by atoms with E-state index in [0.717, 1.165) is 11.2 Å². The molecule has 0 radical (unpaired) electrons. The van der Waals surface area contributed by atoms with Crippen LogP contribution in [-0.4, -0.2) is 14.5 Å². The molecule has 0 spiro atoms. The molecule has 0 aromatic rings. The van der Waals surface area contributed by atoms with Gasteiger partial charge in [0.15, 0.2) is 0 Å². The number of hydrogen-bond donors (Lipinski definition) is 0. The Labute approximate surface area is 93.9 Å². The van der Waals surface area contributed by atoms with Gasteiger partial charge in [-0.1, -0.05) is 54.7 Å². The van der Waals surface area contributed by atoms with Gasteiger partial charge in [0, 0.05) is 14.5 Å². The van der Waals surface area contributed by atoms with Crippen LogP contribution in [0.25, 0.3) is 0 Å². The molecule has 0 heterocycles. The van der Waals surface area contributed by atoms with E-state index >= 15 is 0 Å². The summed E-state index contributed by atoms with van der Waals surface area (Å²) in [7, 11) is 0. The van der Waals surface area contributed by atoms with Crippen molar-refractivity contribution in [3.8, 4) is 0 Å². The third kappa shape index (κ3) is 2.44.